The normalized spacial score (nSPS) is 19.2. The van der Waals surface area contributed by atoms with E-state index in [2.05, 4.69) is 19.2 Å². The predicted octanol–water partition coefficient (Wildman–Crippen LogP) is 2.26. The molecule has 4 heteroatoms. The average Bonchev–Trinajstić information content (AvgIpc) is 2.38. The summed E-state index contributed by atoms with van der Waals surface area (Å²) in [4.78, 5) is 23.3. The van der Waals surface area contributed by atoms with Gasteiger partial charge < -0.3 is 15.2 Å². The third-order valence-electron chi connectivity index (χ3n) is 4.52. The molecule has 1 fully saturated rings. The van der Waals surface area contributed by atoms with Crippen molar-refractivity contribution in [2.24, 2.45) is 17.8 Å². The molecular formula is C17H30NO3-. The molecule has 0 aromatic carbocycles. The maximum Gasteiger partial charge on any atom is 0.220 e. The Balaban J connectivity index is 2.41. The van der Waals surface area contributed by atoms with Gasteiger partial charge in [-0.1, -0.05) is 46.5 Å². The van der Waals surface area contributed by atoms with Gasteiger partial charge in [0, 0.05) is 24.3 Å². The van der Waals surface area contributed by atoms with Gasteiger partial charge in [-0.2, -0.15) is 0 Å². The quantitative estimate of drug-likeness (QED) is 0.747. The fourth-order valence-electron chi connectivity index (χ4n) is 3.12. The molecule has 0 aromatic rings. The standard InChI is InChI=1S/C17H31NO3/c1-12(2)9-10-15(17(20)21)13(3)11-16(19)18-14-7-5-4-6-8-14/h12-15H,4-11H2,1-3H3,(H,18,19)(H,20,21)/p-1/t13-,15+/m1/s1. The van der Waals surface area contributed by atoms with Crippen molar-refractivity contribution in [1.29, 1.82) is 0 Å². The molecule has 1 aliphatic rings. The molecule has 2 atom stereocenters. The number of hydrogen-bond donors (Lipinski definition) is 1. The topological polar surface area (TPSA) is 69.2 Å². The molecule has 1 N–H and O–H groups in total. The second-order valence-electron chi connectivity index (χ2n) is 6.98. The van der Waals surface area contributed by atoms with Crippen LogP contribution < -0.4 is 10.4 Å². The number of rotatable bonds is 8. The van der Waals surface area contributed by atoms with Crippen molar-refractivity contribution in [3.63, 3.8) is 0 Å². The van der Waals surface area contributed by atoms with E-state index < -0.39 is 11.9 Å². The summed E-state index contributed by atoms with van der Waals surface area (Å²) in [5, 5.41) is 14.3. The molecule has 0 spiro atoms. The highest BCUT2D eigenvalue weighted by atomic mass is 16.4. The first kappa shape index (κ1) is 18.0. The van der Waals surface area contributed by atoms with Crippen LogP contribution >= 0.6 is 0 Å². The van der Waals surface area contributed by atoms with Crippen LogP contribution in [0.15, 0.2) is 0 Å². The van der Waals surface area contributed by atoms with Crippen LogP contribution in [0.1, 0.15) is 72.1 Å². The van der Waals surface area contributed by atoms with Gasteiger partial charge in [-0.3, -0.25) is 4.79 Å². The summed E-state index contributed by atoms with van der Waals surface area (Å²) in [6, 6.07) is 0.288. The lowest BCUT2D eigenvalue weighted by atomic mass is 9.85. The van der Waals surface area contributed by atoms with Gasteiger partial charge in [0.05, 0.1) is 0 Å². The molecule has 1 amide bonds. The molecule has 1 aliphatic carbocycles. The minimum absolute atomic E-state index is 0.00908. The number of carboxylic acid groups (broad SMARTS) is 1. The van der Waals surface area contributed by atoms with Crippen LogP contribution in [-0.2, 0) is 9.59 Å². The maximum atomic E-state index is 12.1. The smallest absolute Gasteiger partial charge is 0.220 e. The summed E-state index contributed by atoms with van der Waals surface area (Å²) in [5.74, 6) is -1.25. The number of aliphatic carboxylic acids is 1. The minimum atomic E-state index is -1.02. The van der Waals surface area contributed by atoms with E-state index in [1.165, 1.54) is 19.3 Å². The Kier molecular flexibility index (Phi) is 7.76. The number of carbonyl (C=O) groups is 2. The molecule has 0 radical (unpaired) electrons. The molecule has 0 heterocycles. The van der Waals surface area contributed by atoms with Crippen LogP contribution in [0.4, 0.5) is 0 Å². The van der Waals surface area contributed by atoms with Gasteiger partial charge in [-0.25, -0.2) is 0 Å². The van der Waals surface area contributed by atoms with Crippen molar-refractivity contribution in [2.45, 2.75) is 78.2 Å². The highest BCUT2D eigenvalue weighted by Crippen LogP contribution is 2.23. The summed E-state index contributed by atoms with van der Waals surface area (Å²) < 4.78 is 0. The van der Waals surface area contributed by atoms with Gasteiger partial charge in [0.25, 0.3) is 0 Å². The van der Waals surface area contributed by atoms with Crippen molar-refractivity contribution in [3.05, 3.63) is 0 Å². The number of carbonyl (C=O) groups excluding carboxylic acids is 2. The van der Waals surface area contributed by atoms with Gasteiger partial charge >= 0.3 is 0 Å². The SMILES string of the molecule is CC(C)CC[C@H](C(=O)[O-])[C@H](C)CC(=O)NC1CCCCC1. The fraction of sp³-hybridized carbons (Fsp3) is 0.882. The number of hydrogen-bond acceptors (Lipinski definition) is 3. The first-order valence-electron chi connectivity index (χ1n) is 8.40. The maximum absolute atomic E-state index is 12.1. The summed E-state index contributed by atoms with van der Waals surface area (Å²) in [5.41, 5.74) is 0. The number of carboxylic acids is 1. The molecule has 1 rings (SSSR count). The van der Waals surface area contributed by atoms with Crippen LogP contribution in [0.3, 0.4) is 0 Å². The van der Waals surface area contributed by atoms with Gasteiger partial charge in [0.1, 0.15) is 0 Å². The van der Waals surface area contributed by atoms with Crippen LogP contribution in [0, 0.1) is 17.8 Å². The monoisotopic (exact) mass is 296 g/mol. The first-order chi connectivity index (χ1) is 9.90. The van der Waals surface area contributed by atoms with Crippen molar-refractivity contribution >= 4 is 11.9 Å². The Morgan fingerprint density at radius 3 is 2.24 bits per heavy atom. The van der Waals surface area contributed by atoms with Gasteiger partial charge in [0.2, 0.25) is 5.91 Å². The first-order valence-corrected chi connectivity index (χ1v) is 8.40. The number of amides is 1. The second kappa shape index (κ2) is 9.06. The summed E-state index contributed by atoms with van der Waals surface area (Å²) in [6.45, 7) is 6.00. The van der Waals surface area contributed by atoms with Crippen LogP contribution in [0.2, 0.25) is 0 Å². The largest absolute Gasteiger partial charge is 0.550 e. The van der Waals surface area contributed by atoms with Crippen LogP contribution in [0.5, 0.6) is 0 Å². The molecule has 0 unspecified atom stereocenters. The van der Waals surface area contributed by atoms with Crippen molar-refractivity contribution in [1.82, 2.24) is 5.32 Å². The van der Waals surface area contributed by atoms with Crippen molar-refractivity contribution in [3.8, 4) is 0 Å². The molecule has 0 aromatic heterocycles. The van der Waals surface area contributed by atoms with E-state index >= 15 is 0 Å². The fourth-order valence-corrected chi connectivity index (χ4v) is 3.12. The van der Waals surface area contributed by atoms with E-state index in [0.29, 0.717) is 12.3 Å². The Hall–Kier alpha value is -1.06. The molecule has 0 aliphatic heterocycles. The third-order valence-corrected chi connectivity index (χ3v) is 4.52. The molecule has 0 bridgehead atoms. The van der Waals surface area contributed by atoms with E-state index in [9.17, 15) is 14.7 Å². The second-order valence-corrected chi connectivity index (χ2v) is 6.98. The molecule has 122 valence electrons. The molecule has 1 saturated carbocycles. The number of nitrogens with one attached hydrogen (secondary N) is 1. The molecule has 21 heavy (non-hydrogen) atoms. The lowest BCUT2D eigenvalue weighted by Gasteiger charge is -2.27. The lowest BCUT2D eigenvalue weighted by Crippen LogP contribution is -2.40. The zero-order valence-electron chi connectivity index (χ0n) is 13.7. The van der Waals surface area contributed by atoms with E-state index in [1.54, 1.807) is 0 Å². The lowest BCUT2D eigenvalue weighted by molar-refractivity contribution is -0.313. The summed E-state index contributed by atoms with van der Waals surface area (Å²) in [7, 11) is 0. The Bertz CT molecular complexity index is 335. The molecule has 0 saturated heterocycles. The van der Waals surface area contributed by atoms with Gasteiger partial charge in [0.15, 0.2) is 0 Å². The highest BCUT2D eigenvalue weighted by Gasteiger charge is 2.23. The van der Waals surface area contributed by atoms with E-state index in [-0.39, 0.29) is 24.3 Å². The van der Waals surface area contributed by atoms with E-state index in [0.717, 1.165) is 19.3 Å². The Morgan fingerprint density at radius 1 is 1.10 bits per heavy atom. The zero-order chi connectivity index (χ0) is 15.8. The third kappa shape index (κ3) is 6.96. The van der Waals surface area contributed by atoms with Gasteiger partial charge in [-0.15, -0.1) is 0 Å². The molecule has 4 nitrogen and oxygen atoms in total. The van der Waals surface area contributed by atoms with Gasteiger partial charge in [-0.05, 0) is 31.1 Å². The van der Waals surface area contributed by atoms with E-state index in [1.807, 2.05) is 6.92 Å². The molecular weight excluding hydrogens is 266 g/mol. The Morgan fingerprint density at radius 2 is 1.71 bits per heavy atom. The highest BCUT2D eigenvalue weighted by molar-refractivity contribution is 5.77. The zero-order valence-corrected chi connectivity index (χ0v) is 13.7. The Labute approximate surface area is 128 Å². The minimum Gasteiger partial charge on any atom is -0.550 e. The van der Waals surface area contributed by atoms with Crippen LogP contribution in [0.25, 0.3) is 0 Å². The van der Waals surface area contributed by atoms with Crippen LogP contribution in [-0.4, -0.2) is 17.9 Å². The summed E-state index contributed by atoms with van der Waals surface area (Å²) >= 11 is 0. The predicted molar refractivity (Wildman–Crippen MR) is 81.4 cm³/mol. The average molecular weight is 296 g/mol. The summed E-state index contributed by atoms with van der Waals surface area (Å²) in [6.07, 6.45) is 7.45. The van der Waals surface area contributed by atoms with E-state index in [4.69, 9.17) is 0 Å². The van der Waals surface area contributed by atoms with Crippen molar-refractivity contribution < 1.29 is 14.7 Å². The van der Waals surface area contributed by atoms with Crippen molar-refractivity contribution in [2.75, 3.05) is 0 Å².